The van der Waals surface area contributed by atoms with Crippen molar-refractivity contribution in [3.63, 3.8) is 0 Å². The van der Waals surface area contributed by atoms with Gasteiger partial charge >= 0.3 is 0 Å². The first-order valence-corrected chi connectivity index (χ1v) is 10.0. The summed E-state index contributed by atoms with van der Waals surface area (Å²) < 4.78 is 4.99. The Morgan fingerprint density at radius 2 is 1.76 bits per heavy atom. The summed E-state index contributed by atoms with van der Waals surface area (Å²) in [5.74, 6) is -0.0690. The van der Waals surface area contributed by atoms with E-state index in [2.05, 4.69) is 41.7 Å². The molecule has 0 radical (unpaired) electrons. The minimum Gasteiger partial charge on any atom is -0.472 e. The quantitative estimate of drug-likeness (QED) is 0.570. The van der Waals surface area contributed by atoms with E-state index in [-0.39, 0.29) is 17.7 Å². The van der Waals surface area contributed by atoms with Gasteiger partial charge in [-0.15, -0.1) is 0 Å². The first kappa shape index (κ1) is 17.7. The number of carbonyl (C=O) groups is 2. The van der Waals surface area contributed by atoms with Crippen LogP contribution < -0.4 is 5.32 Å². The molecule has 3 aromatic rings. The molecule has 5 nitrogen and oxygen atoms in total. The number of anilines is 1. The molecule has 0 spiro atoms. The van der Waals surface area contributed by atoms with Crippen LogP contribution in [-0.4, -0.2) is 29.8 Å². The first-order valence-electron chi connectivity index (χ1n) is 10.0. The number of likely N-dealkylation sites (tertiary alicyclic amines) is 1. The summed E-state index contributed by atoms with van der Waals surface area (Å²) in [6, 6.07) is 16.3. The van der Waals surface area contributed by atoms with Crippen LogP contribution in [0.2, 0.25) is 0 Å². The lowest BCUT2D eigenvalue weighted by molar-refractivity contribution is -0.121. The molecule has 29 heavy (non-hydrogen) atoms. The van der Waals surface area contributed by atoms with Crippen molar-refractivity contribution in [1.82, 2.24) is 4.90 Å². The number of nitrogens with one attached hydrogen (secondary N) is 1. The van der Waals surface area contributed by atoms with Crippen LogP contribution in [0, 0.1) is 5.92 Å². The molecule has 2 aromatic carbocycles. The summed E-state index contributed by atoms with van der Waals surface area (Å²) in [5.41, 5.74) is 6.54. The zero-order valence-corrected chi connectivity index (χ0v) is 16.1. The van der Waals surface area contributed by atoms with E-state index >= 15 is 0 Å². The molecule has 1 aromatic heterocycles. The van der Waals surface area contributed by atoms with Crippen molar-refractivity contribution in [3.05, 3.63) is 77.7 Å². The molecule has 146 valence electrons. The lowest BCUT2D eigenvalue weighted by Gasteiger charge is -2.31. The Morgan fingerprint density at radius 3 is 2.55 bits per heavy atom. The van der Waals surface area contributed by atoms with Crippen molar-refractivity contribution in [3.8, 4) is 11.1 Å². The number of rotatable bonds is 3. The molecule has 1 aliphatic carbocycles. The van der Waals surface area contributed by atoms with Crippen molar-refractivity contribution in [2.45, 2.75) is 19.3 Å². The third-order valence-electron chi connectivity index (χ3n) is 5.98. The number of furan rings is 1. The van der Waals surface area contributed by atoms with E-state index in [1.165, 1.54) is 34.8 Å². The third-order valence-corrected chi connectivity index (χ3v) is 5.98. The Hall–Kier alpha value is -3.34. The monoisotopic (exact) mass is 386 g/mol. The summed E-state index contributed by atoms with van der Waals surface area (Å²) in [5, 5.41) is 3.08. The molecule has 0 atom stereocenters. The summed E-state index contributed by atoms with van der Waals surface area (Å²) in [7, 11) is 0. The minimum atomic E-state index is -0.0751. The first-order chi connectivity index (χ1) is 14.2. The highest BCUT2D eigenvalue weighted by molar-refractivity contribution is 5.95. The number of hydrogen-bond donors (Lipinski definition) is 1. The molecule has 2 amide bonds. The van der Waals surface area contributed by atoms with Crippen LogP contribution in [0.25, 0.3) is 11.1 Å². The molecule has 0 saturated carbocycles. The van der Waals surface area contributed by atoms with E-state index in [9.17, 15) is 9.59 Å². The van der Waals surface area contributed by atoms with Gasteiger partial charge in [-0.05, 0) is 59.7 Å². The zero-order chi connectivity index (χ0) is 19.8. The molecule has 1 fully saturated rings. The highest BCUT2D eigenvalue weighted by Crippen LogP contribution is 2.37. The van der Waals surface area contributed by atoms with Gasteiger partial charge in [-0.1, -0.05) is 30.3 Å². The van der Waals surface area contributed by atoms with Crippen LogP contribution >= 0.6 is 0 Å². The second-order valence-electron chi connectivity index (χ2n) is 7.77. The van der Waals surface area contributed by atoms with Gasteiger partial charge in [-0.3, -0.25) is 9.59 Å². The van der Waals surface area contributed by atoms with Gasteiger partial charge in [0.1, 0.15) is 6.26 Å². The van der Waals surface area contributed by atoms with E-state index in [1.54, 1.807) is 11.0 Å². The lowest BCUT2D eigenvalue weighted by atomic mass is 9.95. The van der Waals surface area contributed by atoms with E-state index in [1.807, 2.05) is 6.07 Å². The summed E-state index contributed by atoms with van der Waals surface area (Å²) in [4.78, 5) is 27.0. The van der Waals surface area contributed by atoms with Gasteiger partial charge in [0.25, 0.3) is 5.91 Å². The summed E-state index contributed by atoms with van der Waals surface area (Å²) in [6.45, 7) is 1.17. The molecule has 0 bridgehead atoms. The predicted octanol–water partition coefficient (Wildman–Crippen LogP) is 4.34. The van der Waals surface area contributed by atoms with Crippen LogP contribution in [0.5, 0.6) is 0 Å². The molecule has 2 heterocycles. The molecule has 5 rings (SSSR count). The number of hydrogen-bond acceptors (Lipinski definition) is 3. The Bertz CT molecular complexity index is 1060. The smallest absolute Gasteiger partial charge is 0.257 e. The number of fused-ring (bicyclic) bond motifs is 3. The van der Waals surface area contributed by atoms with Gasteiger partial charge in [0.2, 0.25) is 5.91 Å². The maximum absolute atomic E-state index is 12.8. The maximum atomic E-state index is 12.8. The normalized spacial score (nSPS) is 15.7. The van der Waals surface area contributed by atoms with Crippen molar-refractivity contribution in [2.24, 2.45) is 5.92 Å². The van der Waals surface area contributed by atoms with Crippen LogP contribution in [0.3, 0.4) is 0 Å². The standard InChI is InChI=1S/C24H22N2O3/c27-23(16-7-10-26(11-8-16)24(28)18-9-12-29-15-18)25-20-5-6-22-19(14-20)13-17-3-1-2-4-21(17)22/h1-6,9,12,14-16H,7-8,10-11,13H2,(H,25,27). The largest absolute Gasteiger partial charge is 0.472 e. The molecular weight excluding hydrogens is 364 g/mol. The van der Waals surface area contributed by atoms with E-state index in [4.69, 9.17) is 4.42 Å². The molecule has 1 aliphatic heterocycles. The zero-order valence-electron chi connectivity index (χ0n) is 16.1. The highest BCUT2D eigenvalue weighted by Gasteiger charge is 2.28. The second-order valence-corrected chi connectivity index (χ2v) is 7.77. The van der Waals surface area contributed by atoms with E-state index < -0.39 is 0 Å². The number of carbonyl (C=O) groups excluding carboxylic acids is 2. The van der Waals surface area contributed by atoms with Gasteiger partial charge in [-0.2, -0.15) is 0 Å². The molecular formula is C24H22N2O3. The third kappa shape index (κ3) is 3.33. The van der Waals surface area contributed by atoms with Crippen LogP contribution in [0.4, 0.5) is 5.69 Å². The summed E-state index contributed by atoms with van der Waals surface area (Å²) in [6.07, 6.45) is 5.22. The molecule has 1 saturated heterocycles. The average molecular weight is 386 g/mol. The number of nitrogens with zero attached hydrogens (tertiary/aromatic N) is 1. The fourth-order valence-electron chi connectivity index (χ4n) is 4.38. The second kappa shape index (κ2) is 7.24. The van der Waals surface area contributed by atoms with Gasteiger partial charge in [-0.25, -0.2) is 0 Å². The Morgan fingerprint density at radius 1 is 0.966 bits per heavy atom. The van der Waals surface area contributed by atoms with Crippen molar-refractivity contribution in [1.29, 1.82) is 0 Å². The van der Waals surface area contributed by atoms with Crippen LogP contribution in [0.15, 0.2) is 65.5 Å². The number of amides is 2. The predicted molar refractivity (Wildman–Crippen MR) is 111 cm³/mol. The number of piperidine rings is 1. The van der Waals surface area contributed by atoms with Gasteiger partial charge < -0.3 is 14.6 Å². The topological polar surface area (TPSA) is 62.6 Å². The van der Waals surface area contributed by atoms with Crippen molar-refractivity contribution in [2.75, 3.05) is 18.4 Å². The molecule has 2 aliphatic rings. The molecule has 5 heteroatoms. The fraction of sp³-hybridized carbons (Fsp3) is 0.250. The van der Waals surface area contributed by atoms with E-state index in [0.29, 0.717) is 31.5 Å². The highest BCUT2D eigenvalue weighted by atomic mass is 16.3. The lowest BCUT2D eigenvalue weighted by Crippen LogP contribution is -2.41. The number of benzene rings is 2. The maximum Gasteiger partial charge on any atom is 0.257 e. The molecule has 0 unspecified atom stereocenters. The Labute approximate surface area is 169 Å². The summed E-state index contributed by atoms with van der Waals surface area (Å²) >= 11 is 0. The van der Waals surface area contributed by atoms with Gasteiger partial charge in [0.15, 0.2) is 0 Å². The Balaban J connectivity index is 1.21. The van der Waals surface area contributed by atoms with Crippen molar-refractivity contribution < 1.29 is 14.0 Å². The minimum absolute atomic E-state index is 0.0317. The van der Waals surface area contributed by atoms with Crippen LogP contribution in [0.1, 0.15) is 34.3 Å². The molecule has 1 N–H and O–H groups in total. The average Bonchev–Trinajstić information content (AvgIpc) is 3.41. The van der Waals surface area contributed by atoms with Crippen molar-refractivity contribution >= 4 is 17.5 Å². The van der Waals surface area contributed by atoms with Gasteiger partial charge in [0.05, 0.1) is 11.8 Å². The Kier molecular flexibility index (Phi) is 4.43. The van der Waals surface area contributed by atoms with Gasteiger partial charge in [0, 0.05) is 24.7 Å². The van der Waals surface area contributed by atoms with E-state index in [0.717, 1.165) is 12.1 Å². The SMILES string of the molecule is O=C(Nc1ccc2c(c1)Cc1ccccc1-2)C1CCN(C(=O)c2ccoc2)CC1. The fourth-order valence-corrected chi connectivity index (χ4v) is 4.38. The van der Waals surface area contributed by atoms with Crippen LogP contribution in [-0.2, 0) is 11.2 Å².